The second-order valence-corrected chi connectivity index (χ2v) is 18.0. The molecule has 1 fully saturated rings. The fraction of sp³-hybridized carbons (Fsp3) is 0.960. The van der Waals surface area contributed by atoms with E-state index in [1.165, 1.54) is 193 Å². The Morgan fingerprint density at radius 3 is 0.842 bits per heavy atom. The number of unbranched alkanes of at least 4 members (excludes halogenated alkanes) is 25. The quantitative estimate of drug-likeness (QED) is 0.0575. The molecule has 0 bridgehead atoms. The van der Waals surface area contributed by atoms with Crippen LogP contribution in [0.15, 0.2) is 0 Å². The van der Waals surface area contributed by atoms with Gasteiger partial charge in [0.05, 0.1) is 13.1 Å². The molecule has 0 unspecified atom stereocenters. The molecule has 1 saturated heterocycles. The van der Waals surface area contributed by atoms with Gasteiger partial charge in [-0.2, -0.15) is 0 Å². The van der Waals surface area contributed by atoms with Crippen molar-refractivity contribution in [2.24, 2.45) is 0 Å². The number of carbonyl (C=O) groups is 2. The van der Waals surface area contributed by atoms with E-state index < -0.39 is 0 Å². The number of nitrogens with zero attached hydrogens (tertiary/aromatic N) is 5. The topological polar surface area (TPSA) is 50.3 Å². The second kappa shape index (κ2) is 40.2. The maximum atomic E-state index is 13.9. The average molecular weight is 804 g/mol. The van der Waals surface area contributed by atoms with Gasteiger partial charge in [-0.15, -0.1) is 0 Å². The summed E-state index contributed by atoms with van der Waals surface area (Å²) in [5.41, 5.74) is 0. The Kier molecular flexibility index (Phi) is 38.0. The van der Waals surface area contributed by atoms with E-state index in [1.807, 2.05) is 4.90 Å². The Morgan fingerprint density at radius 1 is 0.298 bits per heavy atom. The van der Waals surface area contributed by atoms with E-state index >= 15 is 0 Å². The highest BCUT2D eigenvalue weighted by Crippen LogP contribution is 2.14. The SMILES string of the molecule is CCCCCCCCCN(CCCCCCCCC)CCN(CCCCCCCCC)CC(=O)N1CCN(C(=O)CN(CCCC)CCCCCCCCC)CC1. The molecular weight excluding hydrogens is 703 g/mol. The molecule has 0 atom stereocenters. The molecule has 2 amide bonds. The summed E-state index contributed by atoms with van der Waals surface area (Å²) >= 11 is 0. The van der Waals surface area contributed by atoms with Gasteiger partial charge in [-0.3, -0.25) is 19.4 Å². The third-order valence-electron chi connectivity index (χ3n) is 12.6. The van der Waals surface area contributed by atoms with Crippen molar-refractivity contribution in [2.75, 3.05) is 85.1 Å². The molecule has 0 aromatic carbocycles. The molecule has 0 aromatic heterocycles. The highest BCUT2D eigenvalue weighted by atomic mass is 16.2. The van der Waals surface area contributed by atoms with E-state index in [1.54, 1.807) is 0 Å². The molecule has 0 N–H and O–H groups in total. The van der Waals surface area contributed by atoms with Crippen molar-refractivity contribution in [2.45, 2.75) is 227 Å². The molecule has 0 aliphatic carbocycles. The van der Waals surface area contributed by atoms with Crippen LogP contribution in [0.25, 0.3) is 0 Å². The first kappa shape index (κ1) is 53.8. The molecule has 7 heteroatoms. The lowest BCUT2D eigenvalue weighted by Gasteiger charge is -2.37. The van der Waals surface area contributed by atoms with Gasteiger partial charge in [0.1, 0.15) is 0 Å². The number of hydrogen-bond acceptors (Lipinski definition) is 5. The normalized spacial score (nSPS) is 13.5. The summed E-state index contributed by atoms with van der Waals surface area (Å²) in [4.78, 5) is 39.1. The van der Waals surface area contributed by atoms with Gasteiger partial charge < -0.3 is 14.7 Å². The van der Waals surface area contributed by atoms with E-state index in [0.717, 1.165) is 45.6 Å². The third kappa shape index (κ3) is 31.4. The highest BCUT2D eigenvalue weighted by Gasteiger charge is 2.26. The summed E-state index contributed by atoms with van der Waals surface area (Å²) < 4.78 is 0. The molecular formula is C50H101N5O2. The molecule has 338 valence electrons. The van der Waals surface area contributed by atoms with Crippen LogP contribution in [0.4, 0.5) is 0 Å². The lowest BCUT2D eigenvalue weighted by molar-refractivity contribution is -0.140. The molecule has 0 saturated carbocycles. The van der Waals surface area contributed by atoms with Gasteiger partial charge in [0.15, 0.2) is 0 Å². The van der Waals surface area contributed by atoms with Crippen LogP contribution >= 0.6 is 0 Å². The van der Waals surface area contributed by atoms with Gasteiger partial charge >= 0.3 is 0 Å². The molecule has 1 rings (SSSR count). The molecule has 0 aromatic rings. The molecule has 1 aliphatic heterocycles. The molecule has 7 nitrogen and oxygen atoms in total. The van der Waals surface area contributed by atoms with E-state index in [9.17, 15) is 9.59 Å². The zero-order valence-corrected chi connectivity index (χ0v) is 39.5. The van der Waals surface area contributed by atoms with E-state index in [-0.39, 0.29) is 11.8 Å². The number of hydrogen-bond donors (Lipinski definition) is 0. The standard InChI is InChI=1S/C50H101N5O2/c1-6-11-16-20-24-28-32-37-51(38-33-29-25-21-17-12-7-2)41-42-53(40-35-31-27-23-19-14-9-4)48-50(57)55-45-43-54(44-46-55)49(56)47-52(36-15-10-5)39-34-30-26-22-18-13-8-3/h6-48H2,1-5H3. The molecule has 0 radical (unpaired) electrons. The number of amides is 2. The minimum atomic E-state index is 0.253. The summed E-state index contributed by atoms with van der Waals surface area (Å²) in [6.45, 7) is 22.7. The van der Waals surface area contributed by atoms with Crippen molar-refractivity contribution in [3.8, 4) is 0 Å². The summed E-state index contributed by atoms with van der Waals surface area (Å²) in [7, 11) is 0. The summed E-state index contributed by atoms with van der Waals surface area (Å²) in [6.07, 6.45) is 39.6. The van der Waals surface area contributed by atoms with Crippen LogP contribution in [0.1, 0.15) is 227 Å². The van der Waals surface area contributed by atoms with Crippen LogP contribution < -0.4 is 0 Å². The molecule has 57 heavy (non-hydrogen) atoms. The van der Waals surface area contributed by atoms with Crippen molar-refractivity contribution in [3.63, 3.8) is 0 Å². The van der Waals surface area contributed by atoms with Crippen LogP contribution in [0.5, 0.6) is 0 Å². The molecule has 0 spiro atoms. The largest absolute Gasteiger partial charge is 0.338 e. The summed E-state index contributed by atoms with van der Waals surface area (Å²) in [6, 6.07) is 0. The predicted octanol–water partition coefficient (Wildman–Crippen LogP) is 12.4. The van der Waals surface area contributed by atoms with Crippen LogP contribution in [0.2, 0.25) is 0 Å². The van der Waals surface area contributed by atoms with Crippen LogP contribution in [-0.2, 0) is 9.59 Å². The first-order valence-corrected chi connectivity index (χ1v) is 25.7. The second-order valence-electron chi connectivity index (χ2n) is 18.0. The zero-order valence-electron chi connectivity index (χ0n) is 39.5. The van der Waals surface area contributed by atoms with Gasteiger partial charge in [-0.05, 0) is 64.8 Å². The lowest BCUT2D eigenvalue weighted by atomic mass is 10.1. The zero-order chi connectivity index (χ0) is 41.4. The first-order valence-electron chi connectivity index (χ1n) is 25.7. The predicted molar refractivity (Wildman–Crippen MR) is 249 cm³/mol. The highest BCUT2D eigenvalue weighted by molar-refractivity contribution is 5.80. The fourth-order valence-electron chi connectivity index (χ4n) is 8.50. The maximum Gasteiger partial charge on any atom is 0.236 e. The Hall–Kier alpha value is -1.18. The van der Waals surface area contributed by atoms with Crippen LogP contribution in [0, 0.1) is 0 Å². The number of piperazine rings is 1. The van der Waals surface area contributed by atoms with Gasteiger partial charge in [-0.1, -0.05) is 195 Å². The van der Waals surface area contributed by atoms with Crippen molar-refractivity contribution < 1.29 is 9.59 Å². The van der Waals surface area contributed by atoms with E-state index in [4.69, 9.17) is 0 Å². The fourth-order valence-corrected chi connectivity index (χ4v) is 8.50. The third-order valence-corrected chi connectivity index (χ3v) is 12.6. The minimum Gasteiger partial charge on any atom is -0.338 e. The Bertz CT molecular complexity index is 861. The maximum absolute atomic E-state index is 13.9. The lowest BCUT2D eigenvalue weighted by Crippen LogP contribution is -2.54. The molecule has 1 aliphatic rings. The Balaban J connectivity index is 2.72. The Labute approximate surface area is 357 Å². The van der Waals surface area contributed by atoms with Crippen molar-refractivity contribution in [1.29, 1.82) is 0 Å². The van der Waals surface area contributed by atoms with E-state index in [2.05, 4.69) is 54.2 Å². The number of carbonyl (C=O) groups excluding carboxylic acids is 2. The average Bonchev–Trinajstić information content (AvgIpc) is 3.22. The minimum absolute atomic E-state index is 0.253. The van der Waals surface area contributed by atoms with Crippen molar-refractivity contribution in [3.05, 3.63) is 0 Å². The molecule has 1 heterocycles. The van der Waals surface area contributed by atoms with Crippen LogP contribution in [0.3, 0.4) is 0 Å². The van der Waals surface area contributed by atoms with E-state index in [0.29, 0.717) is 39.3 Å². The van der Waals surface area contributed by atoms with Crippen LogP contribution in [-0.4, -0.2) is 121 Å². The van der Waals surface area contributed by atoms with Crippen molar-refractivity contribution >= 4 is 11.8 Å². The van der Waals surface area contributed by atoms with Crippen molar-refractivity contribution in [1.82, 2.24) is 24.5 Å². The summed E-state index contributed by atoms with van der Waals surface area (Å²) in [5.74, 6) is 0.517. The van der Waals surface area contributed by atoms with Gasteiger partial charge in [0.2, 0.25) is 11.8 Å². The van der Waals surface area contributed by atoms with Gasteiger partial charge in [-0.25, -0.2) is 0 Å². The smallest absolute Gasteiger partial charge is 0.236 e. The summed E-state index contributed by atoms with van der Waals surface area (Å²) in [5, 5.41) is 0. The first-order chi connectivity index (χ1) is 28.0. The number of rotatable bonds is 42. The monoisotopic (exact) mass is 804 g/mol. The Morgan fingerprint density at radius 2 is 0.526 bits per heavy atom. The van der Waals surface area contributed by atoms with Gasteiger partial charge in [0, 0.05) is 39.3 Å². The van der Waals surface area contributed by atoms with Gasteiger partial charge in [0.25, 0.3) is 0 Å².